The molecule has 8 heteroatoms. The summed E-state index contributed by atoms with van der Waals surface area (Å²) in [4.78, 5) is 31.2. The normalized spacial score (nSPS) is 12.0. The summed E-state index contributed by atoms with van der Waals surface area (Å²) in [6, 6.07) is 17.0. The molecule has 0 unspecified atom stereocenters. The van der Waals surface area contributed by atoms with Crippen LogP contribution in [0.25, 0.3) is 21.3 Å². The number of carbonyl (C=O) groups excluding carboxylic acids is 1. The highest BCUT2D eigenvalue weighted by atomic mass is 32.1. The fraction of sp³-hybridized carbons (Fsp3) is 0.174. The maximum Gasteiger partial charge on any atom is 0.282 e. The van der Waals surface area contributed by atoms with E-state index in [1.807, 2.05) is 55.5 Å². The van der Waals surface area contributed by atoms with Gasteiger partial charge in [-0.15, -0.1) is 11.3 Å². The molecule has 4 rings (SSSR count). The molecular weight excluding hydrogens is 430 g/mol. The van der Waals surface area contributed by atoms with Crippen molar-refractivity contribution in [1.82, 2.24) is 9.66 Å². The summed E-state index contributed by atoms with van der Waals surface area (Å²) in [6.45, 7) is 3.73. The Balaban J connectivity index is 1.79. The molecule has 158 valence electrons. The van der Waals surface area contributed by atoms with Crippen molar-refractivity contribution < 1.29 is 9.53 Å². The minimum absolute atomic E-state index is 0.138. The summed E-state index contributed by atoms with van der Waals surface area (Å²) in [6.07, 6.45) is 0. The second-order valence-electron chi connectivity index (χ2n) is 7.11. The number of aromatic amines is 1. The number of nitrogens with zero attached hydrogens (tertiary/aromatic N) is 1. The standard InChI is InChI=1S/C23H21N3O3S2/c1-13(16-11-7-8-12-17(16)29-3)20(27)25-26-22(28)19-18(15-9-5-4-6-10-15)14(2)31-21(19)24-23(26)30/h4-13H,1-3H3,(H,24,30)(H,25,27)/t13-/m1/s1. The number of thiophene rings is 1. The Bertz CT molecular complexity index is 1390. The lowest BCUT2D eigenvalue weighted by atomic mass is 9.99. The largest absolute Gasteiger partial charge is 0.496 e. The molecule has 2 N–H and O–H groups in total. The second kappa shape index (κ2) is 8.49. The second-order valence-corrected chi connectivity index (χ2v) is 8.73. The van der Waals surface area contributed by atoms with Crippen LogP contribution in [0.5, 0.6) is 5.75 Å². The third-order valence-corrected chi connectivity index (χ3v) is 6.51. The maximum atomic E-state index is 13.4. The van der Waals surface area contributed by atoms with E-state index in [1.54, 1.807) is 20.1 Å². The van der Waals surface area contributed by atoms with Crippen LogP contribution in [-0.2, 0) is 4.79 Å². The average molecular weight is 452 g/mol. The molecule has 0 aliphatic carbocycles. The van der Waals surface area contributed by atoms with Crippen molar-refractivity contribution in [3.63, 3.8) is 0 Å². The number of amides is 1. The van der Waals surface area contributed by atoms with Crippen LogP contribution in [0.3, 0.4) is 0 Å². The van der Waals surface area contributed by atoms with Crippen LogP contribution < -0.4 is 15.7 Å². The third kappa shape index (κ3) is 3.80. The van der Waals surface area contributed by atoms with Crippen LogP contribution in [0.2, 0.25) is 0 Å². The van der Waals surface area contributed by atoms with Crippen molar-refractivity contribution in [2.24, 2.45) is 0 Å². The Morgan fingerprint density at radius 3 is 2.55 bits per heavy atom. The number of rotatable bonds is 5. The molecule has 2 aromatic heterocycles. The highest BCUT2D eigenvalue weighted by molar-refractivity contribution is 7.71. The molecule has 1 atom stereocenters. The first-order valence-electron chi connectivity index (χ1n) is 9.70. The molecule has 0 bridgehead atoms. The van der Waals surface area contributed by atoms with Gasteiger partial charge in [0.25, 0.3) is 5.56 Å². The summed E-state index contributed by atoms with van der Waals surface area (Å²) < 4.78 is 6.62. The molecule has 0 spiro atoms. The molecule has 2 heterocycles. The number of hydrogen-bond donors (Lipinski definition) is 2. The number of H-pyrrole nitrogens is 1. The first-order chi connectivity index (χ1) is 14.9. The average Bonchev–Trinajstić information content (AvgIpc) is 3.12. The Kier molecular flexibility index (Phi) is 5.75. The van der Waals surface area contributed by atoms with Crippen molar-refractivity contribution >= 4 is 39.7 Å². The van der Waals surface area contributed by atoms with Gasteiger partial charge in [0.15, 0.2) is 0 Å². The lowest BCUT2D eigenvalue weighted by Gasteiger charge is -2.16. The van der Waals surface area contributed by atoms with Crippen LogP contribution in [0.15, 0.2) is 59.4 Å². The van der Waals surface area contributed by atoms with Crippen molar-refractivity contribution in [3.8, 4) is 16.9 Å². The molecule has 1 amide bonds. The number of hydrogen-bond acceptors (Lipinski definition) is 5. The van der Waals surface area contributed by atoms with E-state index in [0.29, 0.717) is 16.0 Å². The smallest absolute Gasteiger partial charge is 0.282 e. The van der Waals surface area contributed by atoms with Crippen LogP contribution in [0, 0.1) is 11.7 Å². The zero-order chi connectivity index (χ0) is 22.1. The minimum Gasteiger partial charge on any atom is -0.496 e. The van der Waals surface area contributed by atoms with Crippen molar-refractivity contribution in [2.75, 3.05) is 12.5 Å². The van der Waals surface area contributed by atoms with Gasteiger partial charge in [-0.3, -0.25) is 15.0 Å². The Morgan fingerprint density at radius 1 is 1.16 bits per heavy atom. The predicted octanol–water partition coefficient (Wildman–Crippen LogP) is 4.98. The van der Waals surface area contributed by atoms with Gasteiger partial charge < -0.3 is 9.72 Å². The fourth-order valence-electron chi connectivity index (χ4n) is 3.62. The topological polar surface area (TPSA) is 76.1 Å². The zero-order valence-corrected chi connectivity index (χ0v) is 18.9. The maximum absolute atomic E-state index is 13.4. The molecular formula is C23H21N3O3S2. The van der Waals surface area contributed by atoms with Gasteiger partial charge in [0.05, 0.1) is 18.4 Å². The molecule has 2 aromatic carbocycles. The molecule has 4 aromatic rings. The van der Waals surface area contributed by atoms with Crippen LogP contribution >= 0.6 is 23.6 Å². The van der Waals surface area contributed by atoms with E-state index in [-0.39, 0.29) is 16.2 Å². The zero-order valence-electron chi connectivity index (χ0n) is 17.3. The first kappa shape index (κ1) is 21.0. The predicted molar refractivity (Wildman–Crippen MR) is 127 cm³/mol. The molecule has 0 saturated heterocycles. The Morgan fingerprint density at radius 2 is 1.84 bits per heavy atom. The van der Waals surface area contributed by atoms with Gasteiger partial charge in [-0.1, -0.05) is 48.5 Å². The van der Waals surface area contributed by atoms with E-state index in [2.05, 4.69) is 10.4 Å². The quantitative estimate of drug-likeness (QED) is 0.420. The summed E-state index contributed by atoms with van der Waals surface area (Å²) in [7, 11) is 1.56. The summed E-state index contributed by atoms with van der Waals surface area (Å²) in [5, 5.41) is 0.507. The number of fused-ring (bicyclic) bond motifs is 1. The summed E-state index contributed by atoms with van der Waals surface area (Å²) >= 11 is 6.85. The van der Waals surface area contributed by atoms with Gasteiger partial charge in [0.1, 0.15) is 10.6 Å². The lowest BCUT2D eigenvalue weighted by molar-refractivity contribution is -0.118. The number of benzene rings is 2. The first-order valence-corrected chi connectivity index (χ1v) is 10.9. The molecule has 6 nitrogen and oxygen atoms in total. The van der Waals surface area contributed by atoms with Crippen LogP contribution in [0.4, 0.5) is 0 Å². The minimum atomic E-state index is -0.550. The van der Waals surface area contributed by atoms with E-state index in [9.17, 15) is 9.59 Å². The van der Waals surface area contributed by atoms with Crippen molar-refractivity contribution in [2.45, 2.75) is 19.8 Å². The highest BCUT2D eigenvalue weighted by Gasteiger charge is 2.22. The fourth-order valence-corrected chi connectivity index (χ4v) is 4.98. The van der Waals surface area contributed by atoms with Crippen molar-refractivity contribution in [3.05, 3.63) is 80.2 Å². The number of ether oxygens (including phenoxy) is 1. The summed E-state index contributed by atoms with van der Waals surface area (Å²) in [5.41, 5.74) is 4.84. The molecule has 0 fully saturated rings. The summed E-state index contributed by atoms with van der Waals surface area (Å²) in [5.74, 6) is -0.303. The number of aromatic nitrogens is 2. The van der Waals surface area contributed by atoms with Crippen molar-refractivity contribution in [1.29, 1.82) is 0 Å². The van der Waals surface area contributed by atoms with Gasteiger partial charge in [-0.05, 0) is 37.7 Å². The number of para-hydroxylation sites is 1. The van der Waals surface area contributed by atoms with Gasteiger partial charge in [-0.25, -0.2) is 0 Å². The SMILES string of the molecule is COc1ccccc1[C@@H](C)C(=O)Nn1c(=S)[nH]c2sc(C)c(-c3ccccc3)c2c1=O. The highest BCUT2D eigenvalue weighted by Crippen LogP contribution is 2.35. The van der Waals surface area contributed by atoms with E-state index in [4.69, 9.17) is 17.0 Å². The van der Waals surface area contributed by atoms with E-state index >= 15 is 0 Å². The molecule has 31 heavy (non-hydrogen) atoms. The molecule has 0 aliphatic rings. The number of carbonyl (C=O) groups is 1. The number of aryl methyl sites for hydroxylation is 1. The Hall–Kier alpha value is -3.23. The van der Waals surface area contributed by atoms with E-state index in [0.717, 1.165) is 26.2 Å². The molecule has 0 saturated carbocycles. The molecule has 0 radical (unpaired) electrons. The number of nitrogens with one attached hydrogen (secondary N) is 2. The lowest BCUT2D eigenvalue weighted by Crippen LogP contribution is -2.36. The Labute approximate surface area is 188 Å². The van der Waals surface area contributed by atoms with E-state index < -0.39 is 5.92 Å². The van der Waals surface area contributed by atoms with Crippen LogP contribution in [0.1, 0.15) is 23.3 Å². The monoisotopic (exact) mass is 451 g/mol. The van der Waals surface area contributed by atoms with Gasteiger partial charge in [0.2, 0.25) is 10.7 Å². The van der Waals surface area contributed by atoms with E-state index in [1.165, 1.54) is 11.3 Å². The number of methoxy groups -OCH3 is 1. The van der Waals surface area contributed by atoms with Crippen LogP contribution in [-0.4, -0.2) is 22.7 Å². The third-order valence-electron chi connectivity index (χ3n) is 5.21. The molecule has 0 aliphatic heterocycles. The van der Waals surface area contributed by atoms with Gasteiger partial charge >= 0.3 is 0 Å². The van der Waals surface area contributed by atoms with Gasteiger partial charge in [0, 0.05) is 16.0 Å². The van der Waals surface area contributed by atoms with Gasteiger partial charge in [-0.2, -0.15) is 4.68 Å².